The van der Waals surface area contributed by atoms with Crippen LogP contribution in [-0.2, 0) is 6.67 Å². The molecule has 28 heavy (non-hydrogen) atoms. The summed E-state index contributed by atoms with van der Waals surface area (Å²) >= 11 is 5.39. The molecule has 0 bridgehead atoms. The number of nitrogens with one attached hydrogen (secondary N) is 1. The fourth-order valence-electron chi connectivity index (χ4n) is 3.64. The highest BCUT2D eigenvalue weighted by molar-refractivity contribution is 7.71. The number of aromatic nitrogens is 2. The second-order valence-corrected chi connectivity index (χ2v) is 7.32. The van der Waals surface area contributed by atoms with E-state index in [0.717, 1.165) is 37.5 Å². The fraction of sp³-hybridized carbons (Fsp3) is 0.300. The lowest BCUT2D eigenvalue weighted by Gasteiger charge is -2.33. The fourth-order valence-corrected chi connectivity index (χ4v) is 3.83. The molecule has 0 saturated carbocycles. The van der Waals surface area contributed by atoms with Crippen molar-refractivity contribution in [3.8, 4) is 23.0 Å². The largest absolute Gasteiger partial charge is 0.454 e. The minimum absolute atomic E-state index is 0.245. The van der Waals surface area contributed by atoms with E-state index in [1.807, 2.05) is 18.2 Å². The van der Waals surface area contributed by atoms with Gasteiger partial charge in [0.05, 0.1) is 26.2 Å². The summed E-state index contributed by atoms with van der Waals surface area (Å²) in [5.74, 6) is 1.95. The number of quaternary nitrogens is 1. The predicted octanol–water partition coefficient (Wildman–Crippen LogP) is 1.96. The Hall–Kier alpha value is -2.84. The van der Waals surface area contributed by atoms with Crippen LogP contribution in [-0.4, -0.2) is 42.8 Å². The van der Waals surface area contributed by atoms with Crippen molar-refractivity contribution < 1.29 is 18.8 Å². The molecule has 0 unspecified atom stereocenters. The van der Waals surface area contributed by atoms with Crippen LogP contribution in [0.4, 0.5) is 5.69 Å². The molecule has 0 amide bonds. The number of rotatable bonds is 4. The third-order valence-electron chi connectivity index (χ3n) is 5.19. The average Bonchev–Trinajstić information content (AvgIpc) is 3.35. The van der Waals surface area contributed by atoms with Gasteiger partial charge >= 0.3 is 0 Å². The maximum absolute atomic E-state index is 5.74. The summed E-state index contributed by atoms with van der Waals surface area (Å²) in [7, 11) is 0. The third kappa shape index (κ3) is 3.36. The number of hydrogen-bond donors (Lipinski definition) is 1. The van der Waals surface area contributed by atoms with Gasteiger partial charge in [0.1, 0.15) is 0 Å². The lowest BCUT2D eigenvalue weighted by molar-refractivity contribution is -0.924. The molecule has 7 nitrogen and oxygen atoms in total. The molecule has 2 aromatic carbocycles. The Bertz CT molecular complexity index is 1030. The summed E-state index contributed by atoms with van der Waals surface area (Å²) in [4.78, 5) is 4.25. The van der Waals surface area contributed by atoms with Crippen molar-refractivity contribution in [2.24, 2.45) is 0 Å². The van der Waals surface area contributed by atoms with E-state index in [2.05, 4.69) is 40.3 Å². The molecule has 3 heterocycles. The van der Waals surface area contributed by atoms with Crippen LogP contribution < -0.4 is 19.3 Å². The zero-order valence-corrected chi connectivity index (χ0v) is 16.2. The van der Waals surface area contributed by atoms with Gasteiger partial charge in [0.25, 0.3) is 4.84 Å². The molecular formula is C20H21N4O3S+. The van der Waals surface area contributed by atoms with Crippen molar-refractivity contribution in [3.05, 3.63) is 53.4 Å². The van der Waals surface area contributed by atoms with Gasteiger partial charge in [0.15, 0.2) is 18.2 Å². The average molecular weight is 397 g/mol. The minimum Gasteiger partial charge on any atom is -0.454 e. The van der Waals surface area contributed by atoms with Crippen LogP contribution in [0, 0.1) is 4.84 Å². The van der Waals surface area contributed by atoms with Crippen LogP contribution in [0.25, 0.3) is 11.5 Å². The number of fused-ring (bicyclic) bond motifs is 1. The molecule has 1 aromatic heterocycles. The molecule has 144 valence electrons. The first-order valence-corrected chi connectivity index (χ1v) is 9.79. The van der Waals surface area contributed by atoms with Gasteiger partial charge in [-0.2, -0.15) is 4.68 Å². The van der Waals surface area contributed by atoms with Crippen molar-refractivity contribution in [1.29, 1.82) is 0 Å². The van der Waals surface area contributed by atoms with Gasteiger partial charge in [-0.05, 0) is 42.5 Å². The molecule has 1 saturated heterocycles. The highest BCUT2D eigenvalue weighted by Gasteiger charge is 2.22. The van der Waals surface area contributed by atoms with Crippen molar-refractivity contribution >= 4 is 17.9 Å². The number of benzene rings is 2. The maximum Gasteiger partial charge on any atom is 0.292 e. The van der Waals surface area contributed by atoms with Crippen LogP contribution in [0.15, 0.2) is 52.9 Å². The first-order chi connectivity index (χ1) is 13.8. The Morgan fingerprint density at radius 3 is 2.61 bits per heavy atom. The summed E-state index contributed by atoms with van der Waals surface area (Å²) in [5, 5.41) is 4.59. The monoisotopic (exact) mass is 397 g/mol. The number of hydrogen-bond acceptors (Lipinski definition) is 6. The van der Waals surface area contributed by atoms with E-state index in [1.165, 1.54) is 10.6 Å². The molecular weight excluding hydrogens is 376 g/mol. The first-order valence-electron chi connectivity index (χ1n) is 9.38. The molecule has 5 rings (SSSR count). The summed E-state index contributed by atoms with van der Waals surface area (Å²) in [5.41, 5.74) is 2.11. The smallest absolute Gasteiger partial charge is 0.292 e. The highest BCUT2D eigenvalue weighted by atomic mass is 32.1. The van der Waals surface area contributed by atoms with Crippen LogP contribution in [0.5, 0.6) is 11.5 Å². The Labute approximate surface area is 167 Å². The first kappa shape index (κ1) is 17.3. The minimum atomic E-state index is 0.245. The van der Waals surface area contributed by atoms with E-state index < -0.39 is 0 Å². The van der Waals surface area contributed by atoms with E-state index in [0.29, 0.717) is 23.1 Å². The number of anilines is 1. The Morgan fingerprint density at radius 1 is 1.00 bits per heavy atom. The maximum atomic E-state index is 5.74. The van der Waals surface area contributed by atoms with Crippen LogP contribution >= 0.6 is 12.2 Å². The number of ether oxygens (including phenoxy) is 2. The number of para-hydroxylation sites is 1. The Morgan fingerprint density at radius 2 is 1.79 bits per heavy atom. The van der Waals surface area contributed by atoms with Crippen molar-refractivity contribution in [2.45, 2.75) is 6.67 Å². The molecule has 2 aliphatic rings. The SMILES string of the molecule is S=c1oc(-c2ccc3c(c2)OCO3)nn1C[NH+]1CCN(c2ccccc2)CC1. The van der Waals surface area contributed by atoms with Gasteiger partial charge in [0.2, 0.25) is 12.7 Å². The predicted molar refractivity (Wildman–Crippen MR) is 106 cm³/mol. The van der Waals surface area contributed by atoms with Gasteiger partial charge in [0, 0.05) is 11.3 Å². The zero-order chi connectivity index (χ0) is 18.9. The molecule has 3 aromatic rings. The number of piperazine rings is 1. The van der Waals surface area contributed by atoms with Gasteiger partial charge in [-0.3, -0.25) is 0 Å². The van der Waals surface area contributed by atoms with E-state index >= 15 is 0 Å². The van der Waals surface area contributed by atoms with Gasteiger partial charge in [-0.1, -0.05) is 18.2 Å². The molecule has 1 N–H and O–H groups in total. The van der Waals surface area contributed by atoms with Gasteiger partial charge in [-0.15, -0.1) is 5.10 Å². The van der Waals surface area contributed by atoms with E-state index in [-0.39, 0.29) is 6.79 Å². The normalized spacial score (nSPS) is 16.5. The molecule has 0 aliphatic carbocycles. The molecule has 8 heteroatoms. The van der Waals surface area contributed by atoms with Crippen LogP contribution in [0.2, 0.25) is 0 Å². The second kappa shape index (κ2) is 7.29. The lowest BCUT2D eigenvalue weighted by Crippen LogP contribution is -3.14. The molecule has 0 radical (unpaired) electrons. The molecule has 2 aliphatic heterocycles. The topological polar surface area (TPSA) is 57.1 Å². The van der Waals surface area contributed by atoms with Gasteiger partial charge in [-0.25, -0.2) is 0 Å². The van der Waals surface area contributed by atoms with Crippen LogP contribution in [0.1, 0.15) is 0 Å². The summed E-state index contributed by atoms with van der Waals surface area (Å²) in [6, 6.07) is 16.2. The van der Waals surface area contributed by atoms with Crippen molar-refractivity contribution in [3.63, 3.8) is 0 Å². The van der Waals surface area contributed by atoms with E-state index in [4.69, 9.17) is 26.1 Å². The molecule has 0 atom stereocenters. The number of nitrogens with zero attached hydrogens (tertiary/aromatic N) is 3. The standard InChI is InChI=1S/C20H20N4O3S/c28-20-24(13-22-8-10-23(11-9-22)16-4-2-1-3-5-16)21-19(27-20)15-6-7-17-18(12-15)26-14-25-17/h1-7,12H,8-11,13-14H2/p+1. The molecule has 1 fully saturated rings. The molecule has 0 spiro atoms. The van der Waals surface area contributed by atoms with E-state index in [9.17, 15) is 0 Å². The second-order valence-electron chi connectivity index (χ2n) is 6.97. The lowest BCUT2D eigenvalue weighted by atomic mass is 10.2. The van der Waals surface area contributed by atoms with Gasteiger partial charge < -0.3 is 23.7 Å². The summed E-state index contributed by atoms with van der Waals surface area (Å²) in [6.45, 7) is 5.04. The van der Waals surface area contributed by atoms with Crippen molar-refractivity contribution in [1.82, 2.24) is 9.78 Å². The summed E-state index contributed by atoms with van der Waals surface area (Å²) < 4.78 is 18.3. The third-order valence-corrected chi connectivity index (χ3v) is 5.49. The van der Waals surface area contributed by atoms with Crippen LogP contribution in [0.3, 0.4) is 0 Å². The zero-order valence-electron chi connectivity index (χ0n) is 15.3. The Balaban J connectivity index is 1.26. The van der Waals surface area contributed by atoms with E-state index in [1.54, 1.807) is 4.68 Å². The highest BCUT2D eigenvalue weighted by Crippen LogP contribution is 2.35. The summed E-state index contributed by atoms with van der Waals surface area (Å²) in [6.07, 6.45) is 0. The van der Waals surface area contributed by atoms with Crippen molar-refractivity contribution in [2.75, 3.05) is 37.9 Å². The Kier molecular flexibility index (Phi) is 4.50. The quantitative estimate of drug-likeness (QED) is 0.680.